The highest BCUT2D eigenvalue weighted by atomic mass is 16.6. The molecular weight excluding hydrogens is 468 g/mol. The van der Waals surface area contributed by atoms with Gasteiger partial charge in [0.2, 0.25) is 0 Å². The number of esters is 1. The zero-order chi connectivity index (χ0) is 25.0. The number of aromatic hydroxyl groups is 2. The van der Waals surface area contributed by atoms with Gasteiger partial charge in [-0.25, -0.2) is 0 Å². The molecule has 1 aromatic heterocycles. The Kier molecular flexibility index (Phi) is 4.99. The van der Waals surface area contributed by atoms with Crippen molar-refractivity contribution in [1.82, 2.24) is 0 Å². The van der Waals surface area contributed by atoms with Crippen LogP contribution in [0.1, 0.15) is 23.5 Å². The molecule has 0 radical (unpaired) electrons. The quantitative estimate of drug-likeness (QED) is 0.324. The first-order valence-electron chi connectivity index (χ1n) is 11.2. The number of ether oxygens (including phenoxy) is 4. The van der Waals surface area contributed by atoms with E-state index in [1.807, 2.05) is 6.07 Å². The summed E-state index contributed by atoms with van der Waals surface area (Å²) >= 11 is 0. The first-order chi connectivity index (χ1) is 17.4. The van der Waals surface area contributed by atoms with Crippen LogP contribution >= 0.6 is 0 Å². The minimum absolute atomic E-state index is 0.0101. The largest absolute Gasteiger partial charge is 0.507 e. The predicted molar refractivity (Wildman–Crippen MR) is 127 cm³/mol. The molecule has 0 amide bonds. The molecule has 0 fully saturated rings. The number of carbonyl (C=O) groups is 1. The summed E-state index contributed by atoms with van der Waals surface area (Å²) in [6.45, 7) is 0.854. The maximum Gasteiger partial charge on any atom is 0.312 e. The van der Waals surface area contributed by atoms with Gasteiger partial charge < -0.3 is 33.6 Å². The fraction of sp³-hybridized carbons (Fsp3) is 0.185. The second kappa shape index (κ2) is 8.23. The lowest BCUT2D eigenvalue weighted by Gasteiger charge is -2.27. The van der Waals surface area contributed by atoms with Crippen molar-refractivity contribution in [3.8, 4) is 45.8 Å². The molecule has 4 aromatic rings. The summed E-state index contributed by atoms with van der Waals surface area (Å²) in [5.74, 6) is 0.177. The number of hydrogen-bond acceptors (Lipinski definition) is 9. The van der Waals surface area contributed by atoms with Crippen molar-refractivity contribution in [3.63, 3.8) is 0 Å². The van der Waals surface area contributed by atoms with E-state index < -0.39 is 17.3 Å². The summed E-state index contributed by atoms with van der Waals surface area (Å²) in [4.78, 5) is 25.6. The summed E-state index contributed by atoms with van der Waals surface area (Å²) in [7, 11) is 1.43. The van der Waals surface area contributed by atoms with Gasteiger partial charge in [0.15, 0.2) is 28.4 Å². The molecule has 2 N–H and O–H groups in total. The van der Waals surface area contributed by atoms with Crippen LogP contribution < -0.4 is 24.4 Å². The fourth-order valence-corrected chi connectivity index (χ4v) is 4.71. The molecule has 9 heteroatoms. The first kappa shape index (κ1) is 21.8. The number of phenols is 2. The Labute approximate surface area is 204 Å². The molecule has 0 spiro atoms. The van der Waals surface area contributed by atoms with Gasteiger partial charge in [0.05, 0.1) is 13.5 Å². The lowest BCUT2D eigenvalue weighted by atomic mass is 9.85. The average molecular weight is 488 g/mol. The van der Waals surface area contributed by atoms with Crippen LogP contribution in [0.15, 0.2) is 57.7 Å². The summed E-state index contributed by atoms with van der Waals surface area (Å²) < 4.78 is 28.0. The minimum atomic E-state index is -0.539. The van der Waals surface area contributed by atoms with Gasteiger partial charge in [-0.2, -0.15) is 0 Å². The van der Waals surface area contributed by atoms with Crippen molar-refractivity contribution < 1.29 is 38.4 Å². The van der Waals surface area contributed by atoms with Crippen LogP contribution in [0.25, 0.3) is 22.3 Å². The van der Waals surface area contributed by atoms with E-state index in [9.17, 15) is 19.8 Å². The molecule has 2 aliphatic heterocycles. The van der Waals surface area contributed by atoms with Gasteiger partial charge in [0, 0.05) is 29.2 Å². The molecule has 2 aliphatic rings. The van der Waals surface area contributed by atoms with E-state index in [1.165, 1.54) is 25.3 Å². The summed E-state index contributed by atoms with van der Waals surface area (Å²) in [6, 6.07) is 12.5. The molecule has 0 bridgehead atoms. The van der Waals surface area contributed by atoms with E-state index in [0.29, 0.717) is 35.8 Å². The van der Waals surface area contributed by atoms with E-state index in [2.05, 4.69) is 0 Å². The van der Waals surface area contributed by atoms with E-state index in [1.54, 1.807) is 24.3 Å². The predicted octanol–water partition coefficient (Wildman–Crippen LogP) is 4.09. The molecule has 0 unspecified atom stereocenters. The summed E-state index contributed by atoms with van der Waals surface area (Å²) in [6.07, 6.45) is -0.0101. The molecule has 3 aromatic carbocycles. The van der Waals surface area contributed by atoms with E-state index >= 15 is 0 Å². The molecule has 0 saturated carbocycles. The number of carbonyl (C=O) groups excluding carboxylic acids is 1. The Morgan fingerprint density at radius 2 is 1.69 bits per heavy atom. The minimum Gasteiger partial charge on any atom is -0.507 e. The van der Waals surface area contributed by atoms with Gasteiger partial charge in [0.25, 0.3) is 0 Å². The van der Waals surface area contributed by atoms with Crippen LogP contribution in [0.5, 0.6) is 34.5 Å². The van der Waals surface area contributed by atoms with Crippen molar-refractivity contribution in [2.75, 3.05) is 20.3 Å². The van der Waals surface area contributed by atoms with Crippen LogP contribution in [0, 0.1) is 0 Å². The van der Waals surface area contributed by atoms with Gasteiger partial charge >= 0.3 is 5.97 Å². The number of phenolic OH excluding ortho intramolecular Hbond substituents is 2. The molecule has 6 rings (SSSR count). The Morgan fingerprint density at radius 1 is 0.889 bits per heavy atom. The van der Waals surface area contributed by atoms with Crippen molar-refractivity contribution in [1.29, 1.82) is 0 Å². The SMILES string of the molecule is COc1ccc(-c2cc(=O)c3c(O)cc4c(c3o2)[C@H](c2ccc3c(c2)OCCO3)CC(=O)O4)cc1O. The van der Waals surface area contributed by atoms with Crippen LogP contribution in [0.3, 0.4) is 0 Å². The van der Waals surface area contributed by atoms with Gasteiger partial charge in [-0.15, -0.1) is 0 Å². The second-order valence-corrected chi connectivity index (χ2v) is 8.51. The smallest absolute Gasteiger partial charge is 0.312 e. The lowest BCUT2D eigenvalue weighted by molar-refractivity contribution is -0.135. The van der Waals surface area contributed by atoms with E-state index in [-0.39, 0.29) is 46.1 Å². The number of methoxy groups -OCH3 is 1. The Hall–Kier alpha value is -4.66. The molecule has 3 heterocycles. The standard InChI is InChI=1S/C27H20O9/c1-32-19-4-3-14(8-16(19)28)21-11-17(29)26-18(30)12-23-25(27(26)36-21)15(10-24(31)35-23)13-2-5-20-22(9-13)34-7-6-33-20/h2-5,8-9,11-12,15,28,30H,6-7,10H2,1H3/t15-/m0/s1. The normalized spacial score (nSPS) is 16.4. The van der Waals surface area contributed by atoms with Crippen LogP contribution in [0.4, 0.5) is 0 Å². The van der Waals surface area contributed by atoms with Gasteiger partial charge in [-0.1, -0.05) is 6.07 Å². The number of hydrogen-bond donors (Lipinski definition) is 2. The highest BCUT2D eigenvalue weighted by molar-refractivity contribution is 5.93. The zero-order valence-corrected chi connectivity index (χ0v) is 19.1. The molecule has 36 heavy (non-hydrogen) atoms. The average Bonchev–Trinajstić information content (AvgIpc) is 2.87. The molecule has 0 saturated heterocycles. The fourth-order valence-electron chi connectivity index (χ4n) is 4.71. The summed E-state index contributed by atoms with van der Waals surface area (Å²) in [5.41, 5.74) is 1.22. The van der Waals surface area contributed by atoms with Crippen molar-refractivity contribution in [3.05, 3.63) is 69.9 Å². The first-order valence-corrected chi connectivity index (χ1v) is 11.2. The van der Waals surface area contributed by atoms with Crippen LogP contribution in [-0.4, -0.2) is 36.5 Å². The highest BCUT2D eigenvalue weighted by Crippen LogP contribution is 2.47. The third-order valence-corrected chi connectivity index (χ3v) is 6.36. The van der Waals surface area contributed by atoms with Gasteiger partial charge in [-0.05, 0) is 35.9 Å². The molecule has 1 atom stereocenters. The molecule has 0 aliphatic carbocycles. The third kappa shape index (κ3) is 3.48. The van der Waals surface area contributed by atoms with E-state index in [4.69, 9.17) is 23.4 Å². The zero-order valence-electron chi connectivity index (χ0n) is 19.1. The maximum atomic E-state index is 13.1. The Balaban J connectivity index is 1.58. The topological polar surface area (TPSA) is 125 Å². The Morgan fingerprint density at radius 3 is 2.47 bits per heavy atom. The Bertz CT molecular complexity index is 1600. The van der Waals surface area contributed by atoms with Gasteiger partial charge in [0.1, 0.15) is 41.4 Å². The van der Waals surface area contributed by atoms with Gasteiger partial charge in [-0.3, -0.25) is 9.59 Å². The molecule has 9 nitrogen and oxygen atoms in total. The van der Waals surface area contributed by atoms with E-state index in [0.717, 1.165) is 5.56 Å². The monoisotopic (exact) mass is 488 g/mol. The van der Waals surface area contributed by atoms with Crippen molar-refractivity contribution in [2.24, 2.45) is 0 Å². The lowest BCUT2D eigenvalue weighted by Crippen LogP contribution is -2.22. The number of benzene rings is 3. The van der Waals surface area contributed by atoms with Crippen molar-refractivity contribution >= 4 is 16.9 Å². The van der Waals surface area contributed by atoms with Crippen LogP contribution in [0.2, 0.25) is 0 Å². The number of rotatable bonds is 3. The van der Waals surface area contributed by atoms with Crippen molar-refractivity contribution in [2.45, 2.75) is 12.3 Å². The molecule has 182 valence electrons. The maximum absolute atomic E-state index is 13.1. The summed E-state index contributed by atoms with van der Waals surface area (Å²) in [5, 5.41) is 20.8. The third-order valence-electron chi connectivity index (χ3n) is 6.36. The number of fused-ring (bicyclic) bond motifs is 4. The van der Waals surface area contributed by atoms with Crippen LogP contribution in [-0.2, 0) is 4.79 Å². The molecular formula is C27H20O9. The highest BCUT2D eigenvalue weighted by Gasteiger charge is 2.34. The second-order valence-electron chi connectivity index (χ2n) is 8.51.